The first-order valence-electron chi connectivity index (χ1n) is 8.00. The van der Waals surface area contributed by atoms with E-state index in [4.69, 9.17) is 0 Å². The maximum Gasteiger partial charge on any atom is 0.438 e. The van der Waals surface area contributed by atoms with E-state index in [9.17, 15) is 23.1 Å². The van der Waals surface area contributed by atoms with Gasteiger partial charge in [0.25, 0.3) is 5.72 Å². The smallest absolute Gasteiger partial charge is 0.362 e. The molecule has 1 aliphatic rings. The van der Waals surface area contributed by atoms with E-state index in [1.807, 2.05) is 6.92 Å². The van der Waals surface area contributed by atoms with Crippen molar-refractivity contribution in [2.45, 2.75) is 57.3 Å². The van der Waals surface area contributed by atoms with Crippen molar-refractivity contribution in [2.24, 2.45) is 5.10 Å². The van der Waals surface area contributed by atoms with Crippen LogP contribution in [-0.2, 0) is 11.2 Å². The lowest BCUT2D eigenvalue weighted by Crippen LogP contribution is -2.57. The fourth-order valence-corrected chi connectivity index (χ4v) is 2.66. The lowest BCUT2D eigenvalue weighted by molar-refractivity contribution is -0.302. The van der Waals surface area contributed by atoms with E-state index in [-0.39, 0.29) is 17.1 Å². The summed E-state index contributed by atoms with van der Waals surface area (Å²) in [4.78, 5) is 12.3. The van der Waals surface area contributed by atoms with Crippen LogP contribution in [0.25, 0.3) is 0 Å². The van der Waals surface area contributed by atoms with E-state index in [0.717, 1.165) is 12.8 Å². The summed E-state index contributed by atoms with van der Waals surface area (Å²) in [6.45, 7) is 1.98. The molecule has 1 amide bonds. The highest BCUT2D eigenvalue weighted by atomic mass is 19.4. The van der Waals surface area contributed by atoms with Gasteiger partial charge in [0.15, 0.2) is 0 Å². The van der Waals surface area contributed by atoms with Crippen LogP contribution in [0, 0.1) is 0 Å². The molecule has 0 aromatic heterocycles. The van der Waals surface area contributed by atoms with Crippen LogP contribution < -0.4 is 0 Å². The van der Waals surface area contributed by atoms with Crippen LogP contribution >= 0.6 is 0 Å². The standard InChI is InChI=1S/C17H21F3N2O2/c1-2-3-5-10-14-12-16(24,17(18,19)20)22(21-14)15(23)11-13-8-6-4-7-9-13/h4,6-9,24H,2-3,5,10-12H2,1H3/t16-/m0/s1. The number of halogens is 3. The largest absolute Gasteiger partial charge is 0.438 e. The zero-order chi connectivity index (χ0) is 17.8. The normalized spacial score (nSPS) is 21.0. The Morgan fingerprint density at radius 3 is 2.54 bits per heavy atom. The molecule has 0 fully saturated rings. The molecule has 0 spiro atoms. The molecule has 2 rings (SSSR count). The molecule has 0 aliphatic carbocycles. The minimum absolute atomic E-state index is 0.213. The Morgan fingerprint density at radius 2 is 1.96 bits per heavy atom. The molecule has 1 N–H and O–H groups in total. The predicted molar refractivity (Wildman–Crippen MR) is 84.2 cm³/mol. The van der Waals surface area contributed by atoms with Crippen LogP contribution in [-0.4, -0.2) is 33.6 Å². The Morgan fingerprint density at radius 1 is 1.29 bits per heavy atom. The minimum Gasteiger partial charge on any atom is -0.362 e. The van der Waals surface area contributed by atoms with Crippen molar-refractivity contribution in [3.63, 3.8) is 0 Å². The van der Waals surface area contributed by atoms with E-state index < -0.39 is 24.2 Å². The molecule has 0 unspecified atom stereocenters. The zero-order valence-corrected chi connectivity index (χ0v) is 13.5. The van der Waals surface area contributed by atoms with Gasteiger partial charge in [-0.1, -0.05) is 50.1 Å². The molecule has 4 nitrogen and oxygen atoms in total. The lowest BCUT2D eigenvalue weighted by Gasteiger charge is -2.32. The zero-order valence-electron chi connectivity index (χ0n) is 13.5. The van der Waals surface area contributed by atoms with E-state index in [1.165, 1.54) is 0 Å². The number of benzene rings is 1. The molecular formula is C17H21F3N2O2. The van der Waals surface area contributed by atoms with Gasteiger partial charge in [-0.2, -0.15) is 23.3 Å². The molecule has 132 valence electrons. The lowest BCUT2D eigenvalue weighted by atomic mass is 10.0. The van der Waals surface area contributed by atoms with Crippen molar-refractivity contribution >= 4 is 11.6 Å². The Labute approximate surface area is 139 Å². The maximum absolute atomic E-state index is 13.3. The van der Waals surface area contributed by atoms with E-state index in [2.05, 4.69) is 5.10 Å². The molecule has 7 heteroatoms. The molecule has 1 heterocycles. The summed E-state index contributed by atoms with van der Waals surface area (Å²) in [6, 6.07) is 8.43. The third kappa shape index (κ3) is 3.95. The third-order valence-electron chi connectivity index (χ3n) is 4.00. The van der Waals surface area contributed by atoms with Gasteiger partial charge in [-0.25, -0.2) is 0 Å². The number of nitrogens with zero attached hydrogens (tertiary/aromatic N) is 2. The first-order chi connectivity index (χ1) is 11.3. The summed E-state index contributed by atoms with van der Waals surface area (Å²) in [7, 11) is 0. The number of carbonyl (C=O) groups excluding carboxylic acids is 1. The molecule has 1 aromatic carbocycles. The summed E-state index contributed by atoms with van der Waals surface area (Å²) < 4.78 is 40.0. The van der Waals surface area contributed by atoms with Crippen molar-refractivity contribution in [3.8, 4) is 0 Å². The Bertz CT molecular complexity index is 602. The molecule has 0 saturated heterocycles. The van der Waals surface area contributed by atoms with Gasteiger partial charge in [0.2, 0.25) is 5.91 Å². The van der Waals surface area contributed by atoms with Gasteiger partial charge >= 0.3 is 6.18 Å². The van der Waals surface area contributed by atoms with Crippen LogP contribution in [0.3, 0.4) is 0 Å². The van der Waals surface area contributed by atoms with Crippen LogP contribution in [0.4, 0.5) is 13.2 Å². The quantitative estimate of drug-likeness (QED) is 0.803. The summed E-state index contributed by atoms with van der Waals surface area (Å²) in [5, 5.41) is 14.2. The molecule has 0 bridgehead atoms. The van der Waals surface area contributed by atoms with Crippen molar-refractivity contribution in [1.29, 1.82) is 0 Å². The van der Waals surface area contributed by atoms with E-state index >= 15 is 0 Å². The monoisotopic (exact) mass is 342 g/mol. The highest BCUT2D eigenvalue weighted by Crippen LogP contribution is 2.41. The van der Waals surface area contributed by atoms with Gasteiger partial charge in [0.1, 0.15) is 0 Å². The second kappa shape index (κ2) is 7.34. The number of amides is 1. The number of rotatable bonds is 6. The molecule has 0 saturated carbocycles. The van der Waals surface area contributed by atoms with Gasteiger partial charge in [-0.05, 0) is 18.4 Å². The van der Waals surface area contributed by atoms with E-state index in [0.29, 0.717) is 18.4 Å². The summed E-state index contributed by atoms with van der Waals surface area (Å²) in [6.07, 6.45) is -3.07. The molecule has 0 radical (unpaired) electrons. The van der Waals surface area contributed by atoms with E-state index in [1.54, 1.807) is 30.3 Å². The topological polar surface area (TPSA) is 52.9 Å². The van der Waals surface area contributed by atoms with Crippen molar-refractivity contribution in [2.75, 3.05) is 0 Å². The number of hydrogen-bond donors (Lipinski definition) is 1. The van der Waals surface area contributed by atoms with Crippen LogP contribution in [0.1, 0.15) is 44.6 Å². The Hall–Kier alpha value is -1.89. The second-order valence-electron chi connectivity index (χ2n) is 5.98. The first kappa shape index (κ1) is 18.4. The summed E-state index contributed by atoms with van der Waals surface area (Å²) in [5.74, 6) is -0.869. The highest BCUT2D eigenvalue weighted by Gasteiger charge is 2.62. The fourth-order valence-electron chi connectivity index (χ4n) is 2.66. The summed E-state index contributed by atoms with van der Waals surface area (Å²) in [5.41, 5.74) is -2.47. The van der Waals surface area contributed by atoms with Crippen LogP contribution in [0.2, 0.25) is 0 Å². The molecule has 1 atom stereocenters. The fraction of sp³-hybridized carbons (Fsp3) is 0.529. The van der Waals surface area contributed by atoms with Crippen LogP contribution in [0.5, 0.6) is 0 Å². The molecule has 1 aliphatic heterocycles. The minimum atomic E-state index is -4.96. The molecular weight excluding hydrogens is 321 g/mol. The molecule has 1 aromatic rings. The third-order valence-corrected chi connectivity index (χ3v) is 4.00. The summed E-state index contributed by atoms with van der Waals surface area (Å²) >= 11 is 0. The number of carbonyl (C=O) groups is 1. The predicted octanol–water partition coefficient (Wildman–Crippen LogP) is 3.65. The molecule has 24 heavy (non-hydrogen) atoms. The van der Waals surface area contributed by atoms with Crippen molar-refractivity contribution < 1.29 is 23.1 Å². The highest BCUT2D eigenvalue weighted by molar-refractivity contribution is 5.91. The average Bonchev–Trinajstić information content (AvgIpc) is 2.87. The van der Waals surface area contributed by atoms with Crippen molar-refractivity contribution in [1.82, 2.24) is 5.01 Å². The average molecular weight is 342 g/mol. The Balaban J connectivity index is 2.19. The van der Waals surface area contributed by atoms with Gasteiger partial charge in [-0.15, -0.1) is 0 Å². The van der Waals surface area contributed by atoms with Gasteiger partial charge in [-0.3, -0.25) is 4.79 Å². The number of alkyl halides is 3. The number of hydrogen-bond acceptors (Lipinski definition) is 3. The van der Waals surface area contributed by atoms with Crippen molar-refractivity contribution in [3.05, 3.63) is 35.9 Å². The van der Waals surface area contributed by atoms with Crippen LogP contribution in [0.15, 0.2) is 35.4 Å². The number of hydrazone groups is 1. The van der Waals surface area contributed by atoms with Gasteiger partial charge in [0.05, 0.1) is 6.42 Å². The number of aliphatic hydroxyl groups is 1. The maximum atomic E-state index is 13.3. The number of unbranched alkanes of at least 4 members (excludes halogenated alkanes) is 2. The first-order valence-corrected chi connectivity index (χ1v) is 8.00. The SMILES string of the molecule is CCCCCC1=NN(C(=O)Cc2ccccc2)[C@@](O)(C(F)(F)F)C1. The second-order valence-corrected chi connectivity index (χ2v) is 5.98. The van der Waals surface area contributed by atoms with Gasteiger partial charge < -0.3 is 5.11 Å². The van der Waals surface area contributed by atoms with Gasteiger partial charge in [0, 0.05) is 12.1 Å². The Kier molecular flexibility index (Phi) is 5.64.